The molecule has 0 unspecified atom stereocenters. The molecule has 11 heteroatoms. The van der Waals surface area contributed by atoms with Crippen molar-refractivity contribution >= 4 is 29.7 Å². The van der Waals surface area contributed by atoms with Crippen molar-refractivity contribution in [3.8, 4) is 0 Å². The van der Waals surface area contributed by atoms with Gasteiger partial charge in [0.1, 0.15) is 24.7 Å². The molecule has 0 fully saturated rings. The SMILES string of the molecule is COC(=O)C(=O)[C@@H](NC(=O)[C@H](CCCCN)NC(=O)[C@H](Cc1ccccc1)NC(=O)OCc1ccccc1)C(C)C. The maximum Gasteiger partial charge on any atom is 0.408 e. The standard InChI is InChI=1S/C30H40N4O7/c1-20(2)25(26(35)29(38)40-3)34-27(36)23(16-10-11-17-31)32-28(37)24(18-21-12-6-4-7-13-21)33-30(39)41-19-22-14-8-5-9-15-22/h4-9,12-15,20,23-25H,10-11,16-19,31H2,1-3H3,(H,32,37)(H,33,39)(H,34,36)/t23-,24-,25-/m0/s1. The number of amides is 3. The number of rotatable bonds is 16. The van der Waals surface area contributed by atoms with Crippen LogP contribution in [0.4, 0.5) is 4.79 Å². The van der Waals surface area contributed by atoms with E-state index in [-0.39, 0.29) is 19.4 Å². The minimum Gasteiger partial charge on any atom is -0.463 e. The average Bonchev–Trinajstić information content (AvgIpc) is 2.98. The zero-order chi connectivity index (χ0) is 30.2. The topological polar surface area (TPSA) is 166 Å². The highest BCUT2D eigenvalue weighted by Crippen LogP contribution is 2.10. The van der Waals surface area contributed by atoms with Gasteiger partial charge in [-0.2, -0.15) is 0 Å². The van der Waals surface area contributed by atoms with Crippen LogP contribution >= 0.6 is 0 Å². The zero-order valence-corrected chi connectivity index (χ0v) is 23.8. The number of benzene rings is 2. The predicted molar refractivity (Wildman–Crippen MR) is 152 cm³/mol. The quantitative estimate of drug-likeness (QED) is 0.136. The molecule has 0 saturated heterocycles. The molecule has 0 aromatic heterocycles. The number of alkyl carbamates (subject to hydrolysis) is 1. The van der Waals surface area contributed by atoms with Crippen molar-refractivity contribution in [2.75, 3.05) is 13.7 Å². The van der Waals surface area contributed by atoms with E-state index in [1.54, 1.807) is 26.0 Å². The number of carbonyl (C=O) groups excluding carboxylic acids is 5. The number of methoxy groups -OCH3 is 1. The second-order valence-electron chi connectivity index (χ2n) is 9.88. The molecule has 222 valence electrons. The molecule has 2 rings (SSSR count). The number of ether oxygens (including phenoxy) is 2. The van der Waals surface area contributed by atoms with Gasteiger partial charge >= 0.3 is 12.1 Å². The maximum atomic E-state index is 13.5. The number of Topliss-reactive ketones (excluding diaryl/α,β-unsaturated/α-hetero) is 1. The van der Waals surface area contributed by atoms with Gasteiger partial charge in [-0.15, -0.1) is 0 Å². The Balaban J connectivity index is 2.20. The van der Waals surface area contributed by atoms with E-state index in [4.69, 9.17) is 10.5 Å². The minimum absolute atomic E-state index is 0.0152. The van der Waals surface area contributed by atoms with Gasteiger partial charge in [0.15, 0.2) is 0 Å². The largest absolute Gasteiger partial charge is 0.463 e. The molecule has 3 amide bonds. The van der Waals surface area contributed by atoms with E-state index >= 15 is 0 Å². The molecule has 2 aromatic carbocycles. The summed E-state index contributed by atoms with van der Waals surface area (Å²) in [6, 6.07) is 14.9. The van der Waals surface area contributed by atoms with Gasteiger partial charge in [-0.1, -0.05) is 74.5 Å². The molecule has 2 aromatic rings. The highest BCUT2D eigenvalue weighted by molar-refractivity contribution is 6.36. The van der Waals surface area contributed by atoms with Crippen LogP contribution in [0.5, 0.6) is 0 Å². The van der Waals surface area contributed by atoms with Gasteiger partial charge in [-0.25, -0.2) is 9.59 Å². The smallest absolute Gasteiger partial charge is 0.408 e. The summed E-state index contributed by atoms with van der Waals surface area (Å²) in [6.45, 7) is 3.76. The van der Waals surface area contributed by atoms with E-state index in [0.29, 0.717) is 19.4 Å². The molecule has 0 bridgehead atoms. The molecule has 0 aliphatic rings. The van der Waals surface area contributed by atoms with E-state index in [2.05, 4.69) is 20.7 Å². The highest BCUT2D eigenvalue weighted by Gasteiger charge is 2.33. The van der Waals surface area contributed by atoms with E-state index in [0.717, 1.165) is 18.2 Å². The Morgan fingerprint density at radius 1 is 0.780 bits per heavy atom. The van der Waals surface area contributed by atoms with Crippen LogP contribution in [0.25, 0.3) is 0 Å². The molecular weight excluding hydrogens is 528 g/mol. The van der Waals surface area contributed by atoms with E-state index in [1.807, 2.05) is 48.5 Å². The normalized spacial score (nSPS) is 12.9. The van der Waals surface area contributed by atoms with Crippen LogP contribution in [-0.4, -0.2) is 61.4 Å². The van der Waals surface area contributed by atoms with Crippen molar-refractivity contribution in [2.45, 2.75) is 64.3 Å². The van der Waals surface area contributed by atoms with E-state index in [9.17, 15) is 24.0 Å². The molecule has 0 aliphatic heterocycles. The molecule has 0 radical (unpaired) electrons. The van der Waals surface area contributed by atoms with Gasteiger partial charge in [0.2, 0.25) is 11.8 Å². The molecule has 11 nitrogen and oxygen atoms in total. The third-order valence-corrected chi connectivity index (χ3v) is 6.32. The third kappa shape index (κ3) is 11.4. The minimum atomic E-state index is -1.14. The summed E-state index contributed by atoms with van der Waals surface area (Å²) in [6.07, 6.45) is 0.688. The van der Waals surface area contributed by atoms with Gasteiger partial charge < -0.3 is 31.2 Å². The maximum absolute atomic E-state index is 13.5. The molecular formula is C30H40N4O7. The van der Waals surface area contributed by atoms with Gasteiger partial charge in [0, 0.05) is 6.42 Å². The summed E-state index contributed by atoms with van der Waals surface area (Å²) in [4.78, 5) is 63.8. The number of carbonyl (C=O) groups is 5. The van der Waals surface area contributed by atoms with Gasteiger partial charge in [-0.3, -0.25) is 14.4 Å². The second-order valence-corrected chi connectivity index (χ2v) is 9.88. The Bertz CT molecular complexity index is 1140. The molecule has 0 aliphatic carbocycles. The predicted octanol–water partition coefficient (Wildman–Crippen LogP) is 2.02. The lowest BCUT2D eigenvalue weighted by Gasteiger charge is -2.26. The molecule has 3 atom stereocenters. The Hall–Kier alpha value is -4.25. The molecule has 5 N–H and O–H groups in total. The van der Waals surface area contributed by atoms with E-state index in [1.165, 1.54) is 0 Å². The van der Waals surface area contributed by atoms with Crippen molar-refractivity contribution < 1.29 is 33.4 Å². The highest BCUT2D eigenvalue weighted by atomic mass is 16.5. The van der Waals surface area contributed by atoms with Gasteiger partial charge in [0.25, 0.3) is 5.78 Å². The first-order valence-electron chi connectivity index (χ1n) is 13.6. The number of nitrogens with two attached hydrogens (primary N) is 1. The monoisotopic (exact) mass is 568 g/mol. The second kappa shape index (κ2) is 17.4. The van der Waals surface area contributed by atoms with Crippen molar-refractivity contribution in [2.24, 2.45) is 11.7 Å². The van der Waals surface area contributed by atoms with Gasteiger partial charge in [-0.05, 0) is 42.9 Å². The van der Waals surface area contributed by atoms with Gasteiger partial charge in [0.05, 0.1) is 7.11 Å². The number of ketones is 1. The van der Waals surface area contributed by atoms with Crippen molar-refractivity contribution in [1.29, 1.82) is 0 Å². The van der Waals surface area contributed by atoms with Crippen LogP contribution < -0.4 is 21.7 Å². The first-order valence-corrected chi connectivity index (χ1v) is 13.6. The summed E-state index contributed by atoms with van der Waals surface area (Å²) < 4.78 is 9.84. The molecule has 41 heavy (non-hydrogen) atoms. The summed E-state index contributed by atoms with van der Waals surface area (Å²) in [5.41, 5.74) is 7.18. The first kappa shape index (κ1) is 33.0. The van der Waals surface area contributed by atoms with Crippen molar-refractivity contribution in [3.05, 3.63) is 71.8 Å². The van der Waals surface area contributed by atoms with Crippen LogP contribution in [0.2, 0.25) is 0 Å². The fraction of sp³-hybridized carbons (Fsp3) is 0.433. The molecule has 0 spiro atoms. The fourth-order valence-electron chi connectivity index (χ4n) is 4.02. The van der Waals surface area contributed by atoms with Crippen molar-refractivity contribution in [1.82, 2.24) is 16.0 Å². The lowest BCUT2D eigenvalue weighted by Crippen LogP contribution is -2.57. The first-order chi connectivity index (χ1) is 19.7. The van der Waals surface area contributed by atoms with Crippen LogP contribution in [0.1, 0.15) is 44.2 Å². The lowest BCUT2D eigenvalue weighted by atomic mass is 9.98. The Labute approximate surface area is 240 Å². The Morgan fingerprint density at radius 2 is 1.37 bits per heavy atom. The van der Waals surface area contributed by atoms with Crippen molar-refractivity contribution in [3.63, 3.8) is 0 Å². The Kier molecular flexibility index (Phi) is 14.0. The number of esters is 1. The zero-order valence-electron chi connectivity index (χ0n) is 23.8. The average molecular weight is 569 g/mol. The van der Waals surface area contributed by atoms with Crippen LogP contribution in [0.15, 0.2) is 60.7 Å². The number of hydrogen-bond donors (Lipinski definition) is 4. The van der Waals surface area contributed by atoms with Crippen LogP contribution in [-0.2, 0) is 41.7 Å². The lowest BCUT2D eigenvalue weighted by molar-refractivity contribution is -0.153. The summed E-state index contributed by atoms with van der Waals surface area (Å²) in [7, 11) is 1.08. The third-order valence-electron chi connectivity index (χ3n) is 6.32. The van der Waals surface area contributed by atoms with E-state index < -0.39 is 53.7 Å². The number of nitrogens with one attached hydrogen (secondary N) is 3. The summed E-state index contributed by atoms with van der Waals surface area (Å²) in [5, 5.41) is 7.90. The molecule has 0 heterocycles. The fourth-order valence-corrected chi connectivity index (χ4v) is 4.02. The summed E-state index contributed by atoms with van der Waals surface area (Å²) in [5.74, 6) is -3.64. The van der Waals surface area contributed by atoms with Crippen LogP contribution in [0.3, 0.4) is 0 Å². The number of hydrogen-bond acceptors (Lipinski definition) is 8. The summed E-state index contributed by atoms with van der Waals surface area (Å²) >= 11 is 0. The number of unbranched alkanes of at least 4 members (excludes halogenated alkanes) is 1. The molecule has 0 saturated carbocycles. The Morgan fingerprint density at radius 3 is 1.93 bits per heavy atom. The van der Waals surface area contributed by atoms with Crippen LogP contribution in [0, 0.1) is 5.92 Å².